The van der Waals surface area contributed by atoms with Gasteiger partial charge in [-0.3, -0.25) is 24.6 Å². The van der Waals surface area contributed by atoms with E-state index in [1.54, 1.807) is 0 Å². The van der Waals surface area contributed by atoms with E-state index in [1.165, 1.54) is 35.2 Å². The molecular formula is C21H15Cl2FN2O4. The second kappa shape index (κ2) is 7.81. The molecule has 0 spiro atoms. The Bertz CT molecular complexity index is 1110. The Morgan fingerprint density at radius 1 is 1.10 bits per heavy atom. The van der Waals surface area contributed by atoms with E-state index < -0.39 is 16.7 Å². The molecule has 1 amide bonds. The van der Waals surface area contributed by atoms with Crippen LogP contribution in [0, 0.1) is 15.9 Å². The molecule has 30 heavy (non-hydrogen) atoms. The topological polar surface area (TPSA) is 80.5 Å². The quantitative estimate of drug-likeness (QED) is 0.454. The molecule has 1 aliphatic heterocycles. The summed E-state index contributed by atoms with van der Waals surface area (Å²) in [5, 5.41) is 11.2. The number of halogens is 3. The monoisotopic (exact) mass is 448 g/mol. The van der Waals surface area contributed by atoms with Gasteiger partial charge in [-0.15, -0.1) is 0 Å². The van der Waals surface area contributed by atoms with Gasteiger partial charge in [0.15, 0.2) is 5.78 Å². The second-order valence-corrected chi connectivity index (χ2v) is 7.97. The Kier molecular flexibility index (Phi) is 5.34. The molecule has 0 aromatic heterocycles. The minimum atomic E-state index is -0.790. The van der Waals surface area contributed by atoms with E-state index in [-0.39, 0.29) is 51.5 Å². The molecule has 9 heteroatoms. The van der Waals surface area contributed by atoms with Crippen LogP contribution in [-0.4, -0.2) is 16.6 Å². The molecule has 2 aliphatic rings. The minimum Gasteiger partial charge on any atom is -0.294 e. The number of allylic oxidation sites excluding steroid dienone is 2. The Morgan fingerprint density at radius 3 is 2.53 bits per heavy atom. The molecule has 2 aromatic carbocycles. The lowest BCUT2D eigenvalue weighted by Crippen LogP contribution is -2.41. The van der Waals surface area contributed by atoms with Gasteiger partial charge < -0.3 is 0 Å². The first-order chi connectivity index (χ1) is 14.3. The van der Waals surface area contributed by atoms with Crippen molar-refractivity contribution in [3.63, 3.8) is 0 Å². The number of hydrogen-bond donors (Lipinski definition) is 0. The van der Waals surface area contributed by atoms with Crippen molar-refractivity contribution in [2.45, 2.75) is 31.6 Å². The van der Waals surface area contributed by atoms with Gasteiger partial charge >= 0.3 is 0 Å². The number of nitro groups is 1. The highest BCUT2D eigenvalue weighted by Crippen LogP contribution is 2.47. The van der Waals surface area contributed by atoms with Gasteiger partial charge in [-0.2, -0.15) is 0 Å². The number of benzene rings is 2. The molecule has 1 unspecified atom stereocenters. The fourth-order valence-electron chi connectivity index (χ4n) is 4.15. The van der Waals surface area contributed by atoms with E-state index in [0.29, 0.717) is 24.1 Å². The summed E-state index contributed by atoms with van der Waals surface area (Å²) in [4.78, 5) is 37.8. The first-order valence-electron chi connectivity index (χ1n) is 9.26. The summed E-state index contributed by atoms with van der Waals surface area (Å²) < 4.78 is 14.6. The highest BCUT2D eigenvalue weighted by molar-refractivity contribution is 6.34. The number of non-ortho nitro benzene ring substituents is 1. The van der Waals surface area contributed by atoms with Crippen LogP contribution >= 0.6 is 23.2 Å². The number of ketones is 1. The van der Waals surface area contributed by atoms with Crippen LogP contribution in [0.4, 0.5) is 15.8 Å². The lowest BCUT2D eigenvalue weighted by Gasteiger charge is -2.38. The second-order valence-electron chi connectivity index (χ2n) is 7.15. The molecule has 1 atom stereocenters. The summed E-state index contributed by atoms with van der Waals surface area (Å²) >= 11 is 12.5. The third kappa shape index (κ3) is 3.38. The molecule has 154 valence electrons. The highest BCUT2D eigenvalue weighted by Gasteiger charge is 2.41. The van der Waals surface area contributed by atoms with Crippen LogP contribution < -0.4 is 4.90 Å². The maximum absolute atomic E-state index is 14.6. The molecule has 0 radical (unpaired) electrons. The van der Waals surface area contributed by atoms with Crippen LogP contribution in [0.5, 0.6) is 0 Å². The fourth-order valence-corrected chi connectivity index (χ4v) is 4.71. The molecule has 4 rings (SSSR count). The van der Waals surface area contributed by atoms with E-state index in [4.69, 9.17) is 23.2 Å². The Hall–Kier alpha value is -2.77. The summed E-state index contributed by atoms with van der Waals surface area (Å²) in [7, 11) is 0. The van der Waals surface area contributed by atoms with Crippen molar-refractivity contribution in [1.82, 2.24) is 0 Å². The molecule has 1 aliphatic carbocycles. The molecule has 0 saturated heterocycles. The smallest absolute Gasteiger partial charge is 0.271 e. The highest BCUT2D eigenvalue weighted by atomic mass is 35.5. The van der Waals surface area contributed by atoms with Crippen molar-refractivity contribution in [2.24, 2.45) is 0 Å². The van der Waals surface area contributed by atoms with E-state index in [0.717, 1.165) is 6.07 Å². The number of nitro benzene ring substituents is 1. The average molecular weight is 449 g/mol. The summed E-state index contributed by atoms with van der Waals surface area (Å²) in [6.45, 7) is 0. The first-order valence-corrected chi connectivity index (χ1v) is 10.0. The molecule has 0 N–H and O–H groups in total. The Balaban J connectivity index is 1.90. The number of anilines is 1. The van der Waals surface area contributed by atoms with Crippen molar-refractivity contribution in [3.05, 3.63) is 79.2 Å². The number of amides is 1. The molecule has 6 nitrogen and oxygen atoms in total. The van der Waals surface area contributed by atoms with Crippen LogP contribution in [0.2, 0.25) is 10.0 Å². The average Bonchev–Trinajstić information content (AvgIpc) is 2.68. The molecule has 0 fully saturated rings. The summed E-state index contributed by atoms with van der Waals surface area (Å²) in [5.74, 6) is -1.92. The van der Waals surface area contributed by atoms with Gasteiger partial charge in [0.25, 0.3) is 5.69 Å². The van der Waals surface area contributed by atoms with Crippen molar-refractivity contribution in [3.8, 4) is 0 Å². The zero-order chi connectivity index (χ0) is 21.6. The van der Waals surface area contributed by atoms with Crippen LogP contribution in [0.3, 0.4) is 0 Å². The molecule has 0 saturated carbocycles. The van der Waals surface area contributed by atoms with Gasteiger partial charge in [0.1, 0.15) is 5.82 Å². The van der Waals surface area contributed by atoms with Gasteiger partial charge in [0.05, 0.1) is 15.6 Å². The predicted molar refractivity (Wildman–Crippen MR) is 110 cm³/mol. The van der Waals surface area contributed by atoms with E-state index in [9.17, 15) is 24.1 Å². The summed E-state index contributed by atoms with van der Waals surface area (Å²) in [6, 6.07) is 8.04. The maximum Gasteiger partial charge on any atom is 0.271 e. The van der Waals surface area contributed by atoms with Crippen LogP contribution in [0.1, 0.15) is 37.2 Å². The SMILES string of the molecule is O=C1CCCC2=C1C(c1c(F)cccc1Cl)CC(=O)N2c1ccc([N+](=O)[O-])cc1Cl. The van der Waals surface area contributed by atoms with Gasteiger partial charge in [0.2, 0.25) is 5.91 Å². The standard InChI is InChI=1S/C21H15Cl2FN2O4/c22-13-3-1-4-15(24)20(13)12-10-19(28)25(17-5-2-6-18(27)21(12)17)16-8-7-11(26(29)30)9-14(16)23/h1,3-4,7-9,12H,2,5-6,10H2. The Morgan fingerprint density at radius 2 is 1.87 bits per heavy atom. The zero-order valence-corrected chi connectivity index (χ0v) is 17.0. The van der Waals surface area contributed by atoms with Gasteiger partial charge in [0, 0.05) is 52.7 Å². The maximum atomic E-state index is 14.6. The van der Waals surface area contributed by atoms with Crippen LogP contribution in [-0.2, 0) is 9.59 Å². The Labute approximate surface area is 181 Å². The number of carbonyl (C=O) groups is 2. The number of Topliss-reactive ketones (excluding diaryl/α,β-unsaturated/α-hetero) is 1. The molecular weight excluding hydrogens is 434 g/mol. The van der Waals surface area contributed by atoms with Crippen molar-refractivity contribution < 1.29 is 18.9 Å². The molecule has 2 aromatic rings. The zero-order valence-electron chi connectivity index (χ0n) is 15.5. The van der Waals surface area contributed by atoms with Gasteiger partial charge in [-0.05, 0) is 31.0 Å². The van der Waals surface area contributed by atoms with Crippen molar-refractivity contribution in [2.75, 3.05) is 4.90 Å². The summed E-state index contributed by atoms with van der Waals surface area (Å²) in [5.41, 5.74) is 0.972. The molecule has 1 heterocycles. The normalized spacial score (nSPS) is 19.2. The predicted octanol–water partition coefficient (Wildman–Crippen LogP) is 5.57. The van der Waals surface area contributed by atoms with E-state index >= 15 is 0 Å². The van der Waals surface area contributed by atoms with Crippen molar-refractivity contribution >= 4 is 46.3 Å². The number of carbonyl (C=O) groups excluding carboxylic acids is 2. The fraction of sp³-hybridized carbons (Fsp3) is 0.238. The number of rotatable bonds is 3. The van der Waals surface area contributed by atoms with Crippen LogP contribution in [0.15, 0.2) is 47.7 Å². The van der Waals surface area contributed by atoms with E-state index in [1.807, 2.05) is 0 Å². The van der Waals surface area contributed by atoms with Gasteiger partial charge in [-0.1, -0.05) is 29.3 Å². The van der Waals surface area contributed by atoms with Crippen LogP contribution in [0.25, 0.3) is 0 Å². The summed E-state index contributed by atoms with van der Waals surface area (Å²) in [6.07, 6.45) is 1.07. The molecule has 0 bridgehead atoms. The number of hydrogen-bond acceptors (Lipinski definition) is 4. The third-order valence-corrected chi connectivity index (χ3v) is 6.04. The third-order valence-electron chi connectivity index (χ3n) is 5.41. The van der Waals surface area contributed by atoms with Crippen molar-refractivity contribution in [1.29, 1.82) is 0 Å². The number of nitrogens with zero attached hydrogens (tertiary/aromatic N) is 2. The van der Waals surface area contributed by atoms with E-state index in [2.05, 4.69) is 0 Å². The van der Waals surface area contributed by atoms with Gasteiger partial charge in [-0.25, -0.2) is 4.39 Å². The first kappa shape index (κ1) is 20.5. The lowest BCUT2D eigenvalue weighted by atomic mass is 9.77. The largest absolute Gasteiger partial charge is 0.294 e. The minimum absolute atomic E-state index is 0.0183. The lowest BCUT2D eigenvalue weighted by molar-refractivity contribution is -0.384.